The van der Waals surface area contributed by atoms with E-state index in [-0.39, 0.29) is 11.4 Å². The van der Waals surface area contributed by atoms with Crippen LogP contribution in [-0.4, -0.2) is 27.2 Å². The van der Waals surface area contributed by atoms with Crippen LogP contribution in [0.1, 0.15) is 0 Å². The highest BCUT2D eigenvalue weighted by molar-refractivity contribution is 7.97. The molecule has 124 valence electrons. The topological polar surface area (TPSA) is 119 Å². The summed E-state index contributed by atoms with van der Waals surface area (Å²) >= 11 is 0.905. The Kier molecular flexibility index (Phi) is 5.32. The number of hydrogen-bond acceptors (Lipinski definition) is 6. The molecule has 0 unspecified atom stereocenters. The summed E-state index contributed by atoms with van der Waals surface area (Å²) in [5.41, 5.74) is 0.189. The number of nitro groups is 2. The Balaban J connectivity index is 2.05. The average molecular weight is 348 g/mol. The van der Waals surface area contributed by atoms with Crippen molar-refractivity contribution in [3.05, 3.63) is 68.8 Å². The lowest BCUT2D eigenvalue weighted by atomic mass is 10.3. The maximum absolute atomic E-state index is 12.1. The van der Waals surface area contributed by atoms with Gasteiger partial charge in [-0.05, 0) is 30.1 Å². The summed E-state index contributed by atoms with van der Waals surface area (Å²) < 4.78 is 1.20. The van der Waals surface area contributed by atoms with Gasteiger partial charge in [-0.25, -0.2) is 4.79 Å². The second-order valence-electron chi connectivity index (χ2n) is 4.55. The van der Waals surface area contributed by atoms with Crippen LogP contribution in [0.15, 0.2) is 53.4 Å². The van der Waals surface area contributed by atoms with E-state index in [0.29, 0.717) is 10.6 Å². The lowest BCUT2D eigenvalue weighted by Gasteiger charge is -2.16. The van der Waals surface area contributed by atoms with Gasteiger partial charge in [0.2, 0.25) is 0 Å². The lowest BCUT2D eigenvalue weighted by molar-refractivity contribution is -0.387. The van der Waals surface area contributed by atoms with Gasteiger partial charge in [-0.3, -0.25) is 24.5 Å². The van der Waals surface area contributed by atoms with Gasteiger partial charge in [0.25, 0.3) is 11.4 Å². The first-order chi connectivity index (χ1) is 11.4. The number of carbonyl (C=O) groups excluding carboxylic acids is 1. The molecule has 2 aromatic rings. The van der Waals surface area contributed by atoms with Crippen LogP contribution in [0.2, 0.25) is 0 Å². The van der Waals surface area contributed by atoms with Gasteiger partial charge in [-0.15, -0.1) is 0 Å². The number of benzene rings is 2. The molecule has 0 aromatic heterocycles. The van der Waals surface area contributed by atoms with Crippen LogP contribution >= 0.6 is 11.9 Å². The Morgan fingerprint density at radius 2 is 1.67 bits per heavy atom. The molecule has 0 aliphatic rings. The molecule has 24 heavy (non-hydrogen) atoms. The minimum absolute atomic E-state index is 0.0874. The van der Waals surface area contributed by atoms with Crippen LogP contribution in [0.5, 0.6) is 0 Å². The van der Waals surface area contributed by atoms with Crippen molar-refractivity contribution in [2.24, 2.45) is 0 Å². The smallest absolute Gasteiger partial charge is 0.307 e. The molecule has 0 saturated carbocycles. The minimum atomic E-state index is -0.540. The van der Waals surface area contributed by atoms with Gasteiger partial charge in [0, 0.05) is 30.9 Å². The van der Waals surface area contributed by atoms with Gasteiger partial charge in [-0.1, -0.05) is 12.1 Å². The summed E-state index contributed by atoms with van der Waals surface area (Å²) in [4.78, 5) is 32.9. The zero-order chi connectivity index (χ0) is 17.7. The second kappa shape index (κ2) is 7.42. The molecule has 9 nitrogen and oxygen atoms in total. The van der Waals surface area contributed by atoms with Crippen LogP contribution < -0.4 is 5.32 Å². The highest BCUT2D eigenvalue weighted by Gasteiger charge is 2.18. The summed E-state index contributed by atoms with van der Waals surface area (Å²) in [6.45, 7) is 0. The fourth-order valence-electron chi connectivity index (χ4n) is 1.74. The molecule has 0 saturated heterocycles. The molecule has 1 N–H and O–H groups in total. The van der Waals surface area contributed by atoms with Crippen LogP contribution in [0.25, 0.3) is 0 Å². The van der Waals surface area contributed by atoms with Gasteiger partial charge in [-0.2, -0.15) is 0 Å². The third-order valence-electron chi connectivity index (χ3n) is 2.91. The molecule has 10 heteroatoms. The fraction of sp³-hybridized carbons (Fsp3) is 0.0714. The molecule has 0 spiro atoms. The minimum Gasteiger partial charge on any atom is -0.307 e. The highest BCUT2D eigenvalue weighted by atomic mass is 32.2. The van der Waals surface area contributed by atoms with Crippen molar-refractivity contribution in [1.29, 1.82) is 0 Å². The van der Waals surface area contributed by atoms with Crippen molar-refractivity contribution in [3.8, 4) is 0 Å². The van der Waals surface area contributed by atoms with E-state index in [1.165, 1.54) is 41.7 Å². The molecule has 2 amide bonds. The van der Waals surface area contributed by atoms with Crippen molar-refractivity contribution < 1.29 is 14.6 Å². The standard InChI is InChI=1S/C14H12N4O5S/c1-16(24-13-5-3-2-4-12(13)18(22)23)14(19)15-10-6-8-11(9-7-10)17(20)21/h2-9H,1H3,(H,15,19). The van der Waals surface area contributed by atoms with Crippen LogP contribution in [0, 0.1) is 20.2 Å². The monoisotopic (exact) mass is 348 g/mol. The van der Waals surface area contributed by atoms with E-state index >= 15 is 0 Å². The molecule has 2 rings (SSSR count). The second-order valence-corrected chi connectivity index (χ2v) is 5.72. The number of para-hydroxylation sites is 1. The van der Waals surface area contributed by atoms with Crippen molar-refractivity contribution in [1.82, 2.24) is 4.31 Å². The van der Waals surface area contributed by atoms with E-state index in [0.717, 1.165) is 11.9 Å². The molecular weight excluding hydrogens is 336 g/mol. The number of non-ortho nitro benzene ring substituents is 1. The predicted molar refractivity (Wildman–Crippen MR) is 88.8 cm³/mol. The van der Waals surface area contributed by atoms with E-state index in [2.05, 4.69) is 5.32 Å². The van der Waals surface area contributed by atoms with E-state index in [1.54, 1.807) is 18.2 Å². The summed E-state index contributed by atoms with van der Waals surface area (Å²) in [6.07, 6.45) is 0. The Labute approximate surface area is 140 Å². The summed E-state index contributed by atoms with van der Waals surface area (Å²) in [5, 5.41) is 24.1. The molecule has 0 aliphatic heterocycles. The first-order valence-electron chi connectivity index (χ1n) is 6.59. The van der Waals surface area contributed by atoms with Gasteiger partial charge in [0.1, 0.15) is 4.90 Å². The number of carbonyl (C=O) groups is 1. The van der Waals surface area contributed by atoms with E-state index in [4.69, 9.17) is 0 Å². The number of anilines is 1. The largest absolute Gasteiger partial charge is 0.331 e. The van der Waals surface area contributed by atoms with Gasteiger partial charge < -0.3 is 5.32 Å². The molecule has 0 atom stereocenters. The molecule has 0 radical (unpaired) electrons. The fourth-order valence-corrected chi connectivity index (χ4v) is 2.54. The van der Waals surface area contributed by atoms with Crippen molar-refractivity contribution in [3.63, 3.8) is 0 Å². The number of hydrogen-bond donors (Lipinski definition) is 1. The Bertz CT molecular complexity index is 781. The number of nitrogens with zero attached hydrogens (tertiary/aromatic N) is 3. The number of urea groups is 1. The van der Waals surface area contributed by atoms with Gasteiger partial charge in [0.05, 0.1) is 9.85 Å². The summed E-state index contributed by atoms with van der Waals surface area (Å²) in [6, 6.07) is 10.9. The van der Waals surface area contributed by atoms with E-state index in [9.17, 15) is 25.0 Å². The first-order valence-corrected chi connectivity index (χ1v) is 7.36. The van der Waals surface area contributed by atoms with Crippen LogP contribution in [0.3, 0.4) is 0 Å². The molecular formula is C14H12N4O5S. The maximum Gasteiger partial charge on any atom is 0.331 e. The van der Waals surface area contributed by atoms with Crippen LogP contribution in [-0.2, 0) is 0 Å². The molecule has 0 bridgehead atoms. The Hall–Kier alpha value is -3.14. The summed E-state index contributed by atoms with van der Waals surface area (Å²) in [5.74, 6) is 0. The lowest BCUT2D eigenvalue weighted by Crippen LogP contribution is -2.25. The zero-order valence-corrected chi connectivity index (χ0v) is 13.2. The van der Waals surface area contributed by atoms with Crippen molar-refractivity contribution in [2.75, 3.05) is 12.4 Å². The first kappa shape index (κ1) is 17.2. The van der Waals surface area contributed by atoms with Crippen LogP contribution in [0.4, 0.5) is 21.9 Å². The quantitative estimate of drug-likeness (QED) is 0.500. The average Bonchev–Trinajstić information content (AvgIpc) is 2.55. The molecule has 0 heterocycles. The zero-order valence-electron chi connectivity index (χ0n) is 12.4. The molecule has 0 aliphatic carbocycles. The number of nitro benzene ring substituents is 2. The van der Waals surface area contributed by atoms with E-state index < -0.39 is 15.9 Å². The van der Waals surface area contributed by atoms with Crippen molar-refractivity contribution >= 4 is 35.0 Å². The number of amides is 2. The van der Waals surface area contributed by atoms with Gasteiger partial charge >= 0.3 is 6.03 Å². The molecule has 0 fully saturated rings. The van der Waals surface area contributed by atoms with Crippen molar-refractivity contribution in [2.45, 2.75) is 4.90 Å². The SMILES string of the molecule is CN(Sc1ccccc1[N+](=O)[O-])C(=O)Nc1ccc([N+](=O)[O-])cc1. The molecule has 2 aromatic carbocycles. The van der Waals surface area contributed by atoms with E-state index in [1.807, 2.05) is 0 Å². The normalized spacial score (nSPS) is 10.0. The third-order valence-corrected chi connectivity index (χ3v) is 3.89. The Morgan fingerprint density at radius 3 is 2.25 bits per heavy atom. The predicted octanol–water partition coefficient (Wildman–Crippen LogP) is 3.67. The van der Waals surface area contributed by atoms with Gasteiger partial charge in [0.15, 0.2) is 0 Å². The third kappa shape index (κ3) is 4.20. The Morgan fingerprint density at radius 1 is 1.04 bits per heavy atom. The number of nitrogens with one attached hydrogen (secondary N) is 1. The summed E-state index contributed by atoms with van der Waals surface area (Å²) in [7, 11) is 1.46. The number of rotatable bonds is 5. The maximum atomic E-state index is 12.1. The highest BCUT2D eigenvalue weighted by Crippen LogP contribution is 2.30.